The van der Waals surface area contributed by atoms with Crippen LogP contribution in [0.25, 0.3) is 0 Å². The molecule has 4 saturated carbocycles. The lowest BCUT2D eigenvalue weighted by atomic mass is 9.33. The third kappa shape index (κ3) is 2.48. The Morgan fingerprint density at radius 1 is 0.944 bits per heavy atom. The van der Waals surface area contributed by atoms with Crippen molar-refractivity contribution in [2.75, 3.05) is 13.7 Å². The average Bonchev–Trinajstić information content (AvgIpc) is 3.45. The first kappa shape index (κ1) is 24.7. The normalized spacial score (nSPS) is 56.2. The summed E-state index contributed by atoms with van der Waals surface area (Å²) in [5.41, 5.74) is -3.85. The number of ether oxygens (including phenoxy) is 2. The molecule has 4 N–H and O–H groups in total. The van der Waals surface area contributed by atoms with Crippen LogP contribution in [-0.4, -0.2) is 76.4 Å². The Morgan fingerprint density at radius 2 is 1.64 bits per heavy atom. The summed E-state index contributed by atoms with van der Waals surface area (Å²) in [7, 11) is 1.48. The molecule has 0 radical (unpaired) electrons. The van der Waals surface area contributed by atoms with Gasteiger partial charge in [-0.25, -0.2) is 0 Å². The maximum atomic E-state index is 14.4. The number of carbonyl (C=O) groups excluding carboxylic acids is 2. The van der Waals surface area contributed by atoms with Gasteiger partial charge in [0.15, 0.2) is 12.1 Å². The van der Waals surface area contributed by atoms with Crippen LogP contribution in [0.1, 0.15) is 51.5 Å². The van der Waals surface area contributed by atoms with E-state index in [0.29, 0.717) is 0 Å². The van der Waals surface area contributed by atoms with Crippen LogP contribution in [-0.2, 0) is 19.1 Å². The van der Waals surface area contributed by atoms with Crippen molar-refractivity contribution in [3.8, 4) is 0 Å². The number of aliphatic hydroxyl groups is 4. The zero-order chi connectivity index (χ0) is 26.0. The number of Topliss-reactive ketones (excluding diaryl/α,β-unsaturated/α-hetero) is 2. The van der Waals surface area contributed by atoms with Gasteiger partial charge in [0.25, 0.3) is 0 Å². The average molecular weight is 505 g/mol. The summed E-state index contributed by atoms with van der Waals surface area (Å²) >= 11 is 0. The number of fused-ring (bicyclic) bond motifs is 3. The third-order valence-electron chi connectivity index (χ3n) is 11.5. The van der Waals surface area contributed by atoms with Gasteiger partial charge in [0.05, 0.1) is 37.4 Å². The van der Waals surface area contributed by atoms with Crippen molar-refractivity contribution in [3.63, 3.8) is 0 Å². The Kier molecular flexibility index (Phi) is 5.14. The van der Waals surface area contributed by atoms with E-state index >= 15 is 0 Å². The molecule has 1 aliphatic heterocycles. The molecule has 9 heteroatoms. The molecule has 13 atom stereocenters. The maximum Gasteiger partial charge on any atom is 0.166 e. The van der Waals surface area contributed by atoms with Crippen molar-refractivity contribution in [2.24, 2.45) is 39.4 Å². The zero-order valence-electron chi connectivity index (χ0n) is 21.1. The van der Waals surface area contributed by atoms with Crippen LogP contribution in [0.4, 0.5) is 0 Å². The number of methoxy groups -OCH3 is 1. The van der Waals surface area contributed by atoms with E-state index in [-0.39, 0.29) is 31.7 Å². The monoisotopic (exact) mass is 504 g/mol. The highest BCUT2D eigenvalue weighted by atomic mass is 16.7. The first-order valence-corrected chi connectivity index (χ1v) is 12.9. The molecule has 0 amide bonds. The molecular weight excluding hydrogens is 468 g/mol. The van der Waals surface area contributed by atoms with Gasteiger partial charge < -0.3 is 34.3 Å². The highest BCUT2D eigenvalue weighted by Gasteiger charge is 2.81. The van der Waals surface area contributed by atoms with Gasteiger partial charge in [-0.05, 0) is 24.0 Å². The number of hydrogen-bond donors (Lipinski definition) is 4. The second-order valence-electron chi connectivity index (χ2n) is 12.6. The summed E-state index contributed by atoms with van der Waals surface area (Å²) < 4.78 is 17.0. The highest BCUT2D eigenvalue weighted by molar-refractivity contribution is 5.96. The largest absolute Gasteiger partial charge is 0.472 e. The Labute approximate surface area is 209 Å². The van der Waals surface area contributed by atoms with Crippen molar-refractivity contribution in [1.82, 2.24) is 0 Å². The fraction of sp³-hybridized carbons (Fsp3) is 0.778. The van der Waals surface area contributed by atoms with Gasteiger partial charge in [0.2, 0.25) is 0 Å². The molecular formula is C27H36O9. The molecule has 9 nitrogen and oxygen atoms in total. The van der Waals surface area contributed by atoms with Crippen LogP contribution >= 0.6 is 0 Å². The molecule has 5 fully saturated rings. The summed E-state index contributed by atoms with van der Waals surface area (Å²) in [5.74, 6) is -3.44. The van der Waals surface area contributed by atoms with E-state index in [0.717, 1.165) is 5.56 Å². The lowest BCUT2D eigenvalue weighted by molar-refractivity contribution is -0.375. The number of hydrogen-bond acceptors (Lipinski definition) is 9. The van der Waals surface area contributed by atoms with E-state index in [2.05, 4.69) is 0 Å². The fourth-order valence-electron chi connectivity index (χ4n) is 9.96. The molecule has 6 rings (SSSR count). The number of carbonyl (C=O) groups is 2. The van der Waals surface area contributed by atoms with E-state index in [9.17, 15) is 30.0 Å². The summed E-state index contributed by atoms with van der Waals surface area (Å²) in [6.45, 7) is 5.32. The molecule has 2 bridgehead atoms. The minimum Gasteiger partial charge on any atom is -0.472 e. The van der Waals surface area contributed by atoms with Gasteiger partial charge >= 0.3 is 0 Å². The zero-order valence-corrected chi connectivity index (χ0v) is 21.1. The van der Waals surface area contributed by atoms with E-state index < -0.39 is 81.8 Å². The molecule has 0 spiro atoms. The molecule has 5 aliphatic rings. The van der Waals surface area contributed by atoms with Gasteiger partial charge in [0.1, 0.15) is 11.9 Å². The Hall–Kier alpha value is -1.62. The van der Waals surface area contributed by atoms with Gasteiger partial charge in [-0.15, -0.1) is 0 Å². The van der Waals surface area contributed by atoms with E-state index in [4.69, 9.17) is 13.9 Å². The Balaban J connectivity index is 1.55. The van der Waals surface area contributed by atoms with Crippen LogP contribution in [0.15, 0.2) is 23.0 Å². The van der Waals surface area contributed by atoms with Crippen molar-refractivity contribution >= 4 is 11.6 Å². The Bertz CT molecular complexity index is 1090. The molecule has 1 saturated heterocycles. The molecule has 0 aromatic carbocycles. The van der Waals surface area contributed by atoms with Crippen LogP contribution in [0.3, 0.4) is 0 Å². The van der Waals surface area contributed by atoms with Crippen molar-refractivity contribution in [2.45, 2.75) is 76.7 Å². The van der Waals surface area contributed by atoms with E-state index in [1.165, 1.54) is 13.4 Å². The number of ketones is 2. The topological polar surface area (TPSA) is 147 Å². The molecule has 1 aromatic heterocycles. The Morgan fingerprint density at radius 3 is 2.28 bits per heavy atom. The highest BCUT2D eigenvalue weighted by Crippen LogP contribution is 2.74. The predicted octanol–water partition coefficient (Wildman–Crippen LogP) is 1.03. The molecule has 2 heterocycles. The number of aliphatic hydroxyl groups excluding tert-OH is 4. The molecule has 36 heavy (non-hydrogen) atoms. The standard InChI is InChI=1S/C27H36O9/c1-24-13(12-5-6-35-10-12)7-14(28)20(24)26(3)16(29)8-15-25(2)17(30)9-18(31)27(15,11-36-23(25)34-4)21(26)19(32)22(24)33/h5-6,10,13,15-18,20-23,29-31,33H,7-9,11H2,1-4H3/t13-,15+,16-,17-,18+,20+,21+,22+,23?,24-,25+,26+,27-/m1/s1. The third-order valence-corrected chi connectivity index (χ3v) is 11.5. The van der Waals surface area contributed by atoms with Crippen LogP contribution in [0, 0.1) is 39.4 Å². The van der Waals surface area contributed by atoms with Gasteiger partial charge in [-0.2, -0.15) is 0 Å². The SMILES string of the molecule is COC1OC[C@]23[C@@H](O)C[C@@H](O)[C@]1(C)[C@@H]2C[C@@H](O)[C@@]1(C)[C@H]2C(=O)C[C@H](c4ccoc4)[C@@]2(C)[C@@H](O)C(=O)[C@@H]13. The van der Waals surface area contributed by atoms with Gasteiger partial charge in [-0.3, -0.25) is 9.59 Å². The van der Waals surface area contributed by atoms with Crippen molar-refractivity contribution < 1.29 is 43.9 Å². The van der Waals surface area contributed by atoms with Crippen LogP contribution in [0.2, 0.25) is 0 Å². The fourth-order valence-corrected chi connectivity index (χ4v) is 9.96. The smallest absolute Gasteiger partial charge is 0.166 e. The number of furan rings is 1. The quantitative estimate of drug-likeness (QED) is 0.464. The predicted molar refractivity (Wildman–Crippen MR) is 123 cm³/mol. The summed E-state index contributed by atoms with van der Waals surface area (Å²) in [4.78, 5) is 28.1. The van der Waals surface area contributed by atoms with Gasteiger partial charge in [-0.1, -0.05) is 20.8 Å². The first-order valence-electron chi connectivity index (χ1n) is 12.9. The molecule has 4 aliphatic carbocycles. The summed E-state index contributed by atoms with van der Waals surface area (Å²) in [6.07, 6.45) is -2.12. The maximum absolute atomic E-state index is 14.4. The second-order valence-corrected chi connectivity index (χ2v) is 12.6. The molecule has 1 unspecified atom stereocenters. The molecule has 198 valence electrons. The first-order chi connectivity index (χ1) is 16.9. The lowest BCUT2D eigenvalue weighted by Gasteiger charge is -2.72. The lowest BCUT2D eigenvalue weighted by Crippen LogP contribution is -2.80. The van der Waals surface area contributed by atoms with Gasteiger partial charge in [0, 0.05) is 59.4 Å². The van der Waals surface area contributed by atoms with E-state index in [1.807, 2.05) is 6.92 Å². The molecule has 1 aromatic rings. The summed E-state index contributed by atoms with van der Waals surface area (Å²) in [5, 5.41) is 46.3. The summed E-state index contributed by atoms with van der Waals surface area (Å²) in [6, 6.07) is 1.75. The van der Waals surface area contributed by atoms with E-state index in [1.54, 1.807) is 26.2 Å². The number of rotatable bonds is 2. The van der Waals surface area contributed by atoms with Crippen molar-refractivity contribution in [1.29, 1.82) is 0 Å². The minimum absolute atomic E-state index is 0.00972. The van der Waals surface area contributed by atoms with Crippen LogP contribution < -0.4 is 0 Å². The van der Waals surface area contributed by atoms with Crippen molar-refractivity contribution in [3.05, 3.63) is 24.2 Å². The minimum atomic E-state index is -1.49. The second kappa shape index (κ2) is 7.48. The van der Waals surface area contributed by atoms with Crippen LogP contribution in [0.5, 0.6) is 0 Å².